The van der Waals surface area contributed by atoms with Crippen molar-refractivity contribution < 1.29 is 4.79 Å². The van der Waals surface area contributed by atoms with Gasteiger partial charge in [-0.3, -0.25) is 15.2 Å². The number of nitrogens with zero attached hydrogens (tertiary/aromatic N) is 2. The lowest BCUT2D eigenvalue weighted by atomic mass is 10.2. The average Bonchev–Trinajstić information content (AvgIpc) is 2.91. The van der Waals surface area contributed by atoms with Gasteiger partial charge in [0.1, 0.15) is 5.82 Å². The third kappa shape index (κ3) is 2.63. The first kappa shape index (κ1) is 15.8. The molecule has 0 bridgehead atoms. The molecule has 1 aromatic carbocycles. The molecule has 0 unspecified atom stereocenters. The van der Waals surface area contributed by atoms with E-state index < -0.39 is 6.03 Å². The Balaban J connectivity index is 2.22. The van der Waals surface area contributed by atoms with E-state index in [9.17, 15) is 9.59 Å². The minimum atomic E-state index is -0.471. The number of anilines is 1. The molecule has 2 aromatic heterocycles. The molecule has 3 aromatic rings. The van der Waals surface area contributed by atoms with E-state index in [-0.39, 0.29) is 11.4 Å². The molecule has 0 aliphatic carbocycles. The third-order valence-corrected chi connectivity index (χ3v) is 3.68. The second kappa shape index (κ2) is 6.17. The molecule has 0 fully saturated rings. The Labute approximate surface area is 141 Å². The molecule has 0 radical (unpaired) electrons. The zero-order chi connectivity index (χ0) is 17.3. The molecule has 0 aliphatic heterocycles. The van der Waals surface area contributed by atoms with E-state index in [2.05, 4.69) is 20.7 Å². The van der Waals surface area contributed by atoms with Gasteiger partial charge in [-0.05, 0) is 18.2 Å². The minimum absolute atomic E-state index is 0.177. The van der Waals surface area contributed by atoms with Gasteiger partial charge >= 0.3 is 6.03 Å². The van der Waals surface area contributed by atoms with Crippen molar-refractivity contribution in [2.45, 2.75) is 0 Å². The summed E-state index contributed by atoms with van der Waals surface area (Å²) in [4.78, 5) is 28.1. The number of benzene rings is 1. The molecule has 8 nitrogen and oxygen atoms in total. The molecule has 2 heterocycles. The number of H-pyrrole nitrogens is 1. The number of aromatic amines is 1. The van der Waals surface area contributed by atoms with Gasteiger partial charge in [-0.15, -0.1) is 0 Å². The van der Waals surface area contributed by atoms with Crippen LogP contribution in [0.15, 0.2) is 35.3 Å². The van der Waals surface area contributed by atoms with Crippen molar-refractivity contribution in [2.24, 2.45) is 0 Å². The van der Waals surface area contributed by atoms with Crippen LogP contribution in [-0.2, 0) is 0 Å². The van der Waals surface area contributed by atoms with Crippen LogP contribution < -0.4 is 16.2 Å². The number of hydrogen-bond acceptors (Lipinski definition) is 4. The Hall–Kier alpha value is -3.13. The fourth-order valence-electron chi connectivity index (χ4n) is 2.30. The standard InChI is InChI=1S/C15H13ClN6O2/c1-18-15(24)20-13-10(6-17)12-11(7-19-13)14(23)22(21-12)9-4-2-3-8(16)5-9/h2-7,17,21H,1H3,(H2,18,19,20,24). The molecular weight excluding hydrogens is 332 g/mol. The van der Waals surface area contributed by atoms with Crippen LogP contribution in [0.5, 0.6) is 0 Å². The summed E-state index contributed by atoms with van der Waals surface area (Å²) in [5, 5.41) is 16.3. The summed E-state index contributed by atoms with van der Waals surface area (Å²) in [6, 6.07) is 6.32. The fraction of sp³-hybridized carbons (Fsp3) is 0.0667. The number of pyridine rings is 1. The maximum absolute atomic E-state index is 12.6. The minimum Gasteiger partial charge on any atom is -0.341 e. The van der Waals surface area contributed by atoms with Gasteiger partial charge in [0.2, 0.25) is 0 Å². The largest absolute Gasteiger partial charge is 0.341 e. The van der Waals surface area contributed by atoms with Crippen LogP contribution in [0.1, 0.15) is 5.56 Å². The molecule has 0 saturated carbocycles. The summed E-state index contributed by atoms with van der Waals surface area (Å²) in [7, 11) is 1.47. The van der Waals surface area contributed by atoms with Crippen molar-refractivity contribution in [3.63, 3.8) is 0 Å². The number of nitrogens with one attached hydrogen (secondary N) is 4. The molecule has 0 atom stereocenters. The van der Waals surface area contributed by atoms with Gasteiger partial charge in [0.25, 0.3) is 5.56 Å². The summed E-state index contributed by atoms with van der Waals surface area (Å²) < 4.78 is 1.31. The topological polar surface area (TPSA) is 116 Å². The molecule has 9 heteroatoms. The Kier molecular flexibility index (Phi) is 4.05. The highest BCUT2D eigenvalue weighted by atomic mass is 35.5. The zero-order valence-electron chi connectivity index (χ0n) is 12.6. The third-order valence-electron chi connectivity index (χ3n) is 3.44. The highest BCUT2D eigenvalue weighted by molar-refractivity contribution is 6.30. The molecule has 122 valence electrons. The summed E-state index contributed by atoms with van der Waals surface area (Å²) in [6.45, 7) is 0. The Morgan fingerprint density at radius 1 is 1.46 bits per heavy atom. The second-order valence-corrected chi connectivity index (χ2v) is 5.33. The SMILES string of the molecule is CNC(=O)Nc1ncc2c(=O)n(-c3cccc(Cl)c3)[nH]c2c1C=N. The zero-order valence-corrected chi connectivity index (χ0v) is 13.3. The highest BCUT2D eigenvalue weighted by Crippen LogP contribution is 2.20. The number of urea groups is 1. The number of aromatic nitrogens is 3. The number of carbonyl (C=O) groups excluding carboxylic acids is 1. The number of hydrogen-bond donors (Lipinski definition) is 4. The first-order valence-electron chi connectivity index (χ1n) is 6.94. The van der Waals surface area contributed by atoms with Crippen LogP contribution in [0.3, 0.4) is 0 Å². The number of amides is 2. The van der Waals surface area contributed by atoms with E-state index in [0.717, 1.165) is 6.21 Å². The normalized spacial score (nSPS) is 10.6. The predicted molar refractivity (Wildman–Crippen MR) is 92.7 cm³/mol. The Morgan fingerprint density at radius 3 is 2.92 bits per heavy atom. The van der Waals surface area contributed by atoms with Crippen molar-refractivity contribution in [2.75, 3.05) is 12.4 Å². The van der Waals surface area contributed by atoms with Crippen LogP contribution in [0.25, 0.3) is 16.6 Å². The Bertz CT molecular complexity index is 1010. The number of rotatable bonds is 3. The van der Waals surface area contributed by atoms with Crippen molar-refractivity contribution in [3.8, 4) is 5.69 Å². The van der Waals surface area contributed by atoms with Crippen LogP contribution in [-0.4, -0.2) is 34.1 Å². The molecule has 3 rings (SSSR count). The van der Waals surface area contributed by atoms with Gasteiger partial charge in [0.15, 0.2) is 0 Å². The van der Waals surface area contributed by atoms with E-state index >= 15 is 0 Å². The summed E-state index contributed by atoms with van der Waals surface area (Å²) in [5.41, 5.74) is 0.931. The lowest BCUT2D eigenvalue weighted by Gasteiger charge is -2.06. The molecular formula is C15H13ClN6O2. The lowest BCUT2D eigenvalue weighted by Crippen LogP contribution is -2.25. The molecule has 24 heavy (non-hydrogen) atoms. The second-order valence-electron chi connectivity index (χ2n) is 4.89. The van der Waals surface area contributed by atoms with Gasteiger partial charge < -0.3 is 10.7 Å². The summed E-state index contributed by atoms with van der Waals surface area (Å²) in [5.74, 6) is 0.177. The van der Waals surface area contributed by atoms with Crippen LogP contribution >= 0.6 is 11.6 Å². The van der Waals surface area contributed by atoms with Gasteiger partial charge in [0, 0.05) is 24.5 Å². The van der Waals surface area contributed by atoms with Crippen molar-refractivity contribution in [1.29, 1.82) is 5.41 Å². The number of carbonyl (C=O) groups is 1. The smallest absolute Gasteiger partial charge is 0.320 e. The molecule has 0 aliphatic rings. The van der Waals surface area contributed by atoms with E-state index in [0.29, 0.717) is 27.2 Å². The maximum Gasteiger partial charge on any atom is 0.320 e. The van der Waals surface area contributed by atoms with Gasteiger partial charge in [-0.25, -0.2) is 14.5 Å². The first-order valence-corrected chi connectivity index (χ1v) is 7.32. The van der Waals surface area contributed by atoms with Gasteiger partial charge in [-0.1, -0.05) is 17.7 Å². The van der Waals surface area contributed by atoms with Crippen LogP contribution in [0, 0.1) is 5.41 Å². The van der Waals surface area contributed by atoms with Crippen molar-refractivity contribution in [3.05, 3.63) is 51.4 Å². The van der Waals surface area contributed by atoms with E-state index in [1.165, 1.54) is 17.9 Å². The number of fused-ring (bicyclic) bond motifs is 1. The first-order chi connectivity index (χ1) is 11.5. The van der Waals surface area contributed by atoms with Crippen molar-refractivity contribution >= 4 is 40.6 Å². The Morgan fingerprint density at radius 2 is 2.25 bits per heavy atom. The fourth-order valence-corrected chi connectivity index (χ4v) is 2.48. The lowest BCUT2D eigenvalue weighted by molar-refractivity contribution is 0.254. The predicted octanol–water partition coefficient (Wildman–Crippen LogP) is 2.12. The van der Waals surface area contributed by atoms with E-state index in [1.54, 1.807) is 24.3 Å². The monoisotopic (exact) mass is 344 g/mol. The summed E-state index contributed by atoms with van der Waals surface area (Å²) >= 11 is 5.97. The summed E-state index contributed by atoms with van der Waals surface area (Å²) in [6.07, 6.45) is 2.38. The molecule has 0 spiro atoms. The van der Waals surface area contributed by atoms with Gasteiger partial charge in [-0.2, -0.15) is 0 Å². The molecule has 2 amide bonds. The van der Waals surface area contributed by atoms with Crippen LogP contribution in [0.2, 0.25) is 5.02 Å². The quantitative estimate of drug-likeness (QED) is 0.545. The van der Waals surface area contributed by atoms with E-state index in [4.69, 9.17) is 17.0 Å². The average molecular weight is 345 g/mol. The van der Waals surface area contributed by atoms with Gasteiger partial charge in [0.05, 0.1) is 22.2 Å². The molecule has 4 N–H and O–H groups in total. The number of halogens is 1. The maximum atomic E-state index is 12.6. The van der Waals surface area contributed by atoms with E-state index in [1.807, 2.05) is 0 Å². The van der Waals surface area contributed by atoms with Crippen LogP contribution in [0.4, 0.5) is 10.6 Å². The molecule has 0 saturated heterocycles. The highest BCUT2D eigenvalue weighted by Gasteiger charge is 2.16. The van der Waals surface area contributed by atoms with Crippen molar-refractivity contribution in [1.82, 2.24) is 20.1 Å².